The van der Waals surface area contributed by atoms with E-state index in [9.17, 15) is 0 Å². The van der Waals surface area contributed by atoms with Crippen molar-refractivity contribution in [2.45, 2.75) is 0 Å². The lowest BCUT2D eigenvalue weighted by Gasteiger charge is -2.20. The molecule has 0 spiro atoms. The van der Waals surface area contributed by atoms with Gasteiger partial charge in [-0.3, -0.25) is 0 Å². The Morgan fingerprint density at radius 1 is 0.281 bits per heavy atom. The Labute approximate surface area is 330 Å². The van der Waals surface area contributed by atoms with E-state index in [2.05, 4.69) is 170 Å². The molecule has 0 aliphatic carbocycles. The second kappa shape index (κ2) is 11.7. The molecule has 0 aliphatic rings. The number of rotatable bonds is 3. The highest BCUT2D eigenvalue weighted by Crippen LogP contribution is 2.50. The molecule has 0 amide bonds. The van der Waals surface area contributed by atoms with Crippen LogP contribution in [0.4, 0.5) is 0 Å². The van der Waals surface area contributed by atoms with Crippen molar-refractivity contribution in [3.8, 4) is 33.4 Å². The smallest absolute Gasteiger partial charge is 0.143 e. The molecule has 0 fully saturated rings. The maximum absolute atomic E-state index is 6.89. The van der Waals surface area contributed by atoms with Crippen LogP contribution >= 0.6 is 11.3 Å². The van der Waals surface area contributed by atoms with E-state index in [-0.39, 0.29) is 0 Å². The Morgan fingerprint density at radius 2 is 0.825 bits per heavy atom. The van der Waals surface area contributed by atoms with Gasteiger partial charge >= 0.3 is 0 Å². The second-order valence-electron chi connectivity index (χ2n) is 15.1. The highest BCUT2D eigenvalue weighted by Gasteiger charge is 2.24. The molecule has 13 aromatic rings. The van der Waals surface area contributed by atoms with E-state index < -0.39 is 0 Å². The molecule has 0 saturated carbocycles. The van der Waals surface area contributed by atoms with Crippen LogP contribution in [0.1, 0.15) is 0 Å². The van der Waals surface area contributed by atoms with Crippen molar-refractivity contribution >= 4 is 108 Å². The fraction of sp³-hybridized carbons (Fsp3) is 0. The highest BCUT2D eigenvalue weighted by molar-refractivity contribution is 7.25. The van der Waals surface area contributed by atoms with Gasteiger partial charge in [0.15, 0.2) is 0 Å². The Bertz CT molecular complexity index is 3820. The monoisotopic (exact) mass is 742 g/mol. The van der Waals surface area contributed by atoms with Crippen LogP contribution in [0, 0.1) is 0 Å². The van der Waals surface area contributed by atoms with Gasteiger partial charge < -0.3 is 8.83 Å². The van der Waals surface area contributed by atoms with Crippen molar-refractivity contribution < 1.29 is 8.83 Å². The van der Waals surface area contributed by atoms with Crippen LogP contribution in [0.2, 0.25) is 0 Å². The summed E-state index contributed by atoms with van der Waals surface area (Å²) in [7, 11) is 0. The molecule has 57 heavy (non-hydrogen) atoms. The van der Waals surface area contributed by atoms with Crippen molar-refractivity contribution in [2.24, 2.45) is 0 Å². The molecule has 0 aliphatic heterocycles. The first kappa shape index (κ1) is 31.1. The zero-order valence-electron chi connectivity index (χ0n) is 30.5. The number of para-hydroxylation sites is 2. The van der Waals surface area contributed by atoms with Crippen LogP contribution in [0.15, 0.2) is 191 Å². The van der Waals surface area contributed by atoms with E-state index in [1.165, 1.54) is 69.2 Å². The zero-order valence-corrected chi connectivity index (χ0v) is 31.4. The van der Waals surface area contributed by atoms with E-state index >= 15 is 0 Å². The minimum Gasteiger partial charge on any atom is -0.456 e. The predicted octanol–water partition coefficient (Wildman–Crippen LogP) is 16.3. The molecule has 0 saturated heterocycles. The lowest BCUT2D eigenvalue weighted by molar-refractivity contribution is 0.669. The first-order valence-electron chi connectivity index (χ1n) is 19.4. The number of thiophene rings is 1. The number of hydrogen-bond acceptors (Lipinski definition) is 3. The average molecular weight is 743 g/mol. The van der Waals surface area contributed by atoms with E-state index in [1.807, 2.05) is 23.5 Å². The van der Waals surface area contributed by atoms with Crippen LogP contribution in [-0.4, -0.2) is 0 Å². The minimum absolute atomic E-state index is 0.898. The van der Waals surface area contributed by atoms with Crippen LogP contribution in [-0.2, 0) is 0 Å². The van der Waals surface area contributed by atoms with Gasteiger partial charge in [0.05, 0.1) is 0 Å². The van der Waals surface area contributed by atoms with Gasteiger partial charge in [-0.2, -0.15) is 0 Å². The molecule has 0 atom stereocenters. The second-order valence-corrected chi connectivity index (χ2v) is 16.2. The summed E-state index contributed by atoms with van der Waals surface area (Å²) >= 11 is 1.87. The van der Waals surface area contributed by atoms with E-state index in [1.54, 1.807) is 0 Å². The third-order valence-corrected chi connectivity index (χ3v) is 13.2. The fourth-order valence-electron chi connectivity index (χ4n) is 9.50. The summed E-state index contributed by atoms with van der Waals surface area (Å²) < 4.78 is 15.7. The number of furan rings is 2. The number of hydrogen-bond donors (Lipinski definition) is 0. The average Bonchev–Trinajstić information content (AvgIpc) is 3.95. The van der Waals surface area contributed by atoms with Gasteiger partial charge in [0.2, 0.25) is 0 Å². The summed E-state index contributed by atoms with van der Waals surface area (Å²) in [5.41, 5.74) is 10.7. The minimum atomic E-state index is 0.898. The van der Waals surface area contributed by atoms with Crippen molar-refractivity contribution in [1.82, 2.24) is 0 Å². The van der Waals surface area contributed by atoms with Gasteiger partial charge in [0, 0.05) is 52.8 Å². The van der Waals surface area contributed by atoms with Gasteiger partial charge in [-0.25, -0.2) is 0 Å². The van der Waals surface area contributed by atoms with E-state index in [0.29, 0.717) is 0 Å². The van der Waals surface area contributed by atoms with E-state index in [0.717, 1.165) is 60.6 Å². The number of fused-ring (bicyclic) bond motifs is 12. The standard InChI is InChI=1S/C54H30O2S/c1-2-12-35-33(11-1)29-45-37-14-6-9-19-47(37)56-54(45)53(35)52-41-17-4-3-16-40(41)51(34-22-24-39-38-15-7-10-20-49(38)57-50(39)30-34)44-28-31(21-25-42(44)52)32-23-26-48-43(27-32)36-13-5-8-18-46(36)55-48/h1-30H. The topological polar surface area (TPSA) is 26.3 Å². The molecule has 264 valence electrons. The van der Waals surface area contributed by atoms with Crippen LogP contribution < -0.4 is 0 Å². The lowest BCUT2D eigenvalue weighted by Crippen LogP contribution is -1.93. The normalized spacial score (nSPS) is 12.2. The van der Waals surface area contributed by atoms with Crippen LogP contribution in [0.25, 0.3) is 130 Å². The highest BCUT2D eigenvalue weighted by atomic mass is 32.1. The summed E-state index contributed by atoms with van der Waals surface area (Å²) in [4.78, 5) is 0. The first-order valence-corrected chi connectivity index (χ1v) is 20.2. The largest absolute Gasteiger partial charge is 0.456 e. The Balaban J connectivity index is 1.18. The molecule has 10 aromatic carbocycles. The Morgan fingerprint density at radius 3 is 1.65 bits per heavy atom. The molecule has 3 heterocycles. The lowest BCUT2D eigenvalue weighted by atomic mass is 9.83. The zero-order chi connectivity index (χ0) is 37.2. The quantitative estimate of drug-likeness (QED) is 0.169. The summed E-state index contributed by atoms with van der Waals surface area (Å²) in [5, 5.41) is 14.3. The van der Waals surface area contributed by atoms with Gasteiger partial charge in [0.1, 0.15) is 22.3 Å². The third kappa shape index (κ3) is 4.46. The molecule has 0 N–H and O–H groups in total. The maximum atomic E-state index is 6.89. The van der Waals surface area contributed by atoms with E-state index in [4.69, 9.17) is 8.83 Å². The van der Waals surface area contributed by atoms with Crippen LogP contribution in [0.5, 0.6) is 0 Å². The first-order chi connectivity index (χ1) is 28.2. The third-order valence-electron chi connectivity index (χ3n) is 12.0. The molecule has 0 bridgehead atoms. The van der Waals surface area contributed by atoms with Crippen molar-refractivity contribution in [1.29, 1.82) is 0 Å². The van der Waals surface area contributed by atoms with Gasteiger partial charge in [-0.15, -0.1) is 11.3 Å². The summed E-state index contributed by atoms with van der Waals surface area (Å²) in [6, 6.07) is 66.2. The predicted molar refractivity (Wildman–Crippen MR) is 243 cm³/mol. The van der Waals surface area contributed by atoms with Gasteiger partial charge in [-0.05, 0) is 103 Å². The molecule has 2 nitrogen and oxygen atoms in total. The Hall–Kier alpha value is -7.20. The Kier molecular flexibility index (Phi) is 6.35. The molecular weight excluding hydrogens is 713 g/mol. The van der Waals surface area contributed by atoms with Crippen LogP contribution in [0.3, 0.4) is 0 Å². The number of benzene rings is 10. The summed E-state index contributed by atoms with van der Waals surface area (Å²) in [5.74, 6) is 0. The molecule has 0 unspecified atom stereocenters. The van der Waals surface area contributed by atoms with Gasteiger partial charge in [0.25, 0.3) is 0 Å². The molecule has 3 heteroatoms. The summed E-state index contributed by atoms with van der Waals surface area (Å²) in [6.45, 7) is 0. The summed E-state index contributed by atoms with van der Waals surface area (Å²) in [6.07, 6.45) is 0. The molecule has 3 aromatic heterocycles. The molecule has 13 rings (SSSR count). The van der Waals surface area contributed by atoms with Crippen molar-refractivity contribution in [3.63, 3.8) is 0 Å². The van der Waals surface area contributed by atoms with Crippen molar-refractivity contribution in [3.05, 3.63) is 182 Å². The molecular formula is C54H30O2S. The fourth-order valence-corrected chi connectivity index (χ4v) is 10.6. The SMILES string of the molecule is c1ccc2c(-c3c4ccccc4c(-c4ccc5c(c4)sc4ccccc45)c4cc(-c5ccc6oc7ccccc7c6c5)ccc34)c3oc4ccccc4c3cc2c1. The molecule has 0 radical (unpaired) electrons. The van der Waals surface area contributed by atoms with Gasteiger partial charge in [-0.1, -0.05) is 133 Å². The van der Waals surface area contributed by atoms with Crippen molar-refractivity contribution in [2.75, 3.05) is 0 Å². The maximum Gasteiger partial charge on any atom is 0.143 e.